The van der Waals surface area contributed by atoms with Crippen LogP contribution in [-0.2, 0) is 41.5 Å². The number of aromatic nitrogens is 5. The molecule has 17 heteroatoms. The van der Waals surface area contributed by atoms with Gasteiger partial charge in [-0.25, -0.2) is 18.7 Å². The fraction of sp³-hybridized carbons (Fsp3) is 0.305. The topological polar surface area (TPSA) is 185 Å². The van der Waals surface area contributed by atoms with Crippen molar-refractivity contribution >= 4 is 40.1 Å². The molecule has 1 aliphatic heterocycles. The van der Waals surface area contributed by atoms with Crippen molar-refractivity contribution in [3.63, 3.8) is 0 Å². The molecule has 390 valence electrons. The van der Waals surface area contributed by atoms with E-state index in [9.17, 15) is 14.9 Å². The minimum atomic E-state index is -4.39. The monoisotopic (exact) mass is 1040 g/mol. The summed E-state index contributed by atoms with van der Waals surface area (Å²) < 4.78 is 59.4. The van der Waals surface area contributed by atoms with Gasteiger partial charge in [0, 0.05) is 30.5 Å². The second-order valence-corrected chi connectivity index (χ2v) is 21.4. The lowest BCUT2D eigenvalue weighted by molar-refractivity contribution is -0.0943. The molecule has 76 heavy (non-hydrogen) atoms. The molecule has 1 aliphatic rings. The van der Waals surface area contributed by atoms with Gasteiger partial charge in [-0.3, -0.25) is 23.4 Å². The summed E-state index contributed by atoms with van der Waals surface area (Å²) in [5, 5.41) is 26.2. The largest absolute Gasteiger partial charge is 0.497 e. The first-order valence-electron chi connectivity index (χ1n) is 25.5. The lowest BCUT2D eigenvalue weighted by Gasteiger charge is -2.39. The van der Waals surface area contributed by atoms with E-state index in [-0.39, 0.29) is 31.7 Å². The smallest absolute Gasteiger partial charge is 0.409 e. The van der Waals surface area contributed by atoms with Crippen molar-refractivity contribution < 1.29 is 32.6 Å². The number of benzene rings is 7. The molecule has 16 nitrogen and oxygen atoms in total. The van der Waals surface area contributed by atoms with Gasteiger partial charge >= 0.3 is 13.4 Å². The second kappa shape index (κ2) is 22.0. The van der Waals surface area contributed by atoms with E-state index >= 15 is 4.57 Å². The molecule has 1 N–H and O–H groups in total. The van der Waals surface area contributed by atoms with Crippen LogP contribution in [-0.4, -0.2) is 80.9 Å². The number of hydrogen-bond donors (Lipinski definition) is 1. The van der Waals surface area contributed by atoms with Gasteiger partial charge in [0.2, 0.25) is 0 Å². The molecule has 3 heterocycles. The zero-order valence-corrected chi connectivity index (χ0v) is 44.1. The maximum Gasteiger partial charge on any atom is 0.409 e. The van der Waals surface area contributed by atoms with Crippen LogP contribution in [0.5, 0.6) is 11.5 Å². The first kappa shape index (κ1) is 52.0. The highest BCUT2D eigenvalue weighted by molar-refractivity contribution is 7.51. The van der Waals surface area contributed by atoms with Crippen LogP contribution >= 0.6 is 7.75 Å². The van der Waals surface area contributed by atoms with Crippen LogP contribution < -0.4 is 20.7 Å². The zero-order chi connectivity index (χ0) is 53.1. The molecule has 2 aromatic heterocycles. The van der Waals surface area contributed by atoms with Gasteiger partial charge in [0.05, 0.1) is 45.6 Å². The van der Waals surface area contributed by atoms with Crippen LogP contribution in [0.2, 0.25) is 0 Å². The molecule has 7 aromatic carbocycles. The van der Waals surface area contributed by atoms with Gasteiger partial charge in [-0.1, -0.05) is 114 Å². The highest BCUT2D eigenvalue weighted by Crippen LogP contribution is 2.59. The third-order valence-corrected chi connectivity index (χ3v) is 16.8. The Morgan fingerprint density at radius 2 is 1.38 bits per heavy atom. The van der Waals surface area contributed by atoms with Crippen LogP contribution in [0.15, 0.2) is 162 Å². The van der Waals surface area contributed by atoms with Crippen LogP contribution in [0.3, 0.4) is 0 Å². The summed E-state index contributed by atoms with van der Waals surface area (Å²) in [6.45, 7) is 7.11. The molecular weight excluding hydrogens is 982 g/mol. The predicted octanol–water partition coefficient (Wildman–Crippen LogP) is 10.5. The van der Waals surface area contributed by atoms with Gasteiger partial charge in [-0.05, 0) is 119 Å². The summed E-state index contributed by atoms with van der Waals surface area (Å²) >= 11 is 0. The van der Waals surface area contributed by atoms with E-state index in [2.05, 4.69) is 65.7 Å². The summed E-state index contributed by atoms with van der Waals surface area (Å²) in [5.41, 5.74) is 1.34. The third kappa shape index (κ3) is 9.94. The minimum Gasteiger partial charge on any atom is -0.497 e. The summed E-state index contributed by atoms with van der Waals surface area (Å²) in [7, 11) is -1.19. The summed E-state index contributed by atoms with van der Waals surface area (Å²) in [6, 6.07) is 45.8. The van der Waals surface area contributed by atoms with Crippen molar-refractivity contribution in [3.8, 4) is 17.6 Å². The predicted molar refractivity (Wildman–Crippen MR) is 291 cm³/mol. The summed E-state index contributed by atoms with van der Waals surface area (Å²) in [4.78, 5) is 29.0. The van der Waals surface area contributed by atoms with Crippen LogP contribution in [0.4, 0.5) is 0 Å². The molecule has 1 saturated heterocycles. The fourth-order valence-electron chi connectivity index (χ4n) is 10.9. The van der Waals surface area contributed by atoms with Gasteiger partial charge in [-0.2, -0.15) is 5.26 Å². The molecule has 9 aromatic rings. The van der Waals surface area contributed by atoms with E-state index in [1.165, 1.54) is 43.8 Å². The Morgan fingerprint density at radius 3 is 2.00 bits per heavy atom. The van der Waals surface area contributed by atoms with Crippen LogP contribution in [0.25, 0.3) is 32.3 Å². The number of nitriles is 1. The average Bonchev–Trinajstić information content (AvgIpc) is 4.10. The first-order chi connectivity index (χ1) is 36.8. The number of rotatable bonds is 21. The van der Waals surface area contributed by atoms with Gasteiger partial charge in [0.1, 0.15) is 35.3 Å². The molecule has 0 amide bonds. The van der Waals surface area contributed by atoms with Crippen molar-refractivity contribution in [2.75, 3.05) is 27.4 Å². The van der Waals surface area contributed by atoms with Crippen LogP contribution in [0, 0.1) is 11.3 Å². The third-order valence-electron chi connectivity index (χ3n) is 14.3. The molecule has 0 saturated carbocycles. The minimum absolute atomic E-state index is 0.0637. The molecular formula is C59H60N7O9P. The quantitative estimate of drug-likeness (QED) is 0.0311. The van der Waals surface area contributed by atoms with Crippen molar-refractivity contribution in [2.45, 2.75) is 89.1 Å². The Hall–Kier alpha value is -7.48. The lowest BCUT2D eigenvalue weighted by Crippen LogP contribution is -2.42. The molecule has 1 fully saturated rings. The SMILES string of the molecule is COc1ccc(C(OC[C@H]2O[C@@H](n3ccc(=O)[nH]c3=O)[C@H](n3cc(CCc4ccc5ccc6cccc7ccc4c5c67)nn3)[C@@H]2OP(=O)(OCCC#N)N(C(C)C)C(C)C)(c2ccccc2)c2ccc(OC)cc2)cc1. The van der Waals surface area contributed by atoms with E-state index in [0.717, 1.165) is 27.6 Å². The van der Waals surface area contributed by atoms with Gasteiger partial charge in [0.25, 0.3) is 5.56 Å². The summed E-state index contributed by atoms with van der Waals surface area (Å²) in [6.07, 6.45) is 0.563. The number of methoxy groups -OCH3 is 2. The lowest BCUT2D eigenvalue weighted by atomic mass is 9.80. The van der Waals surface area contributed by atoms with Gasteiger partial charge in [0.15, 0.2) is 6.23 Å². The van der Waals surface area contributed by atoms with Crippen molar-refractivity contribution in [3.05, 3.63) is 201 Å². The average molecular weight is 1040 g/mol. The number of hydrogen-bond acceptors (Lipinski definition) is 12. The standard InChI is InChI=1S/C59H60N7O9P/c1-38(2)66(39(3)4)76(69,73-35-11-33-60)75-56-51(37-72-59(44-14-8-7-9-15-44,45-22-27-48(70-5)28-23-45)46-24-29-49(71-6)30-25-46)74-57(64-34-32-52(67)61-58(64)68)55(56)65-36-47(62-63-65)26-20-40-16-17-43-19-18-41-12-10-13-42-21-31-50(40)54(43)53(41)42/h7-10,12-19,21-25,27-32,34,36,38-39,51,55-57H,11,20,26,35,37H2,1-6H3,(H,61,67,68)/t51-,55-,56-,57-,76?/m1/s1. The number of aryl methyl sites for hydroxylation is 2. The Labute approximate surface area is 440 Å². The maximum absolute atomic E-state index is 15.9. The molecule has 1 unspecified atom stereocenters. The number of aromatic amines is 1. The van der Waals surface area contributed by atoms with Gasteiger partial charge < -0.3 is 18.9 Å². The molecule has 0 radical (unpaired) electrons. The van der Waals surface area contributed by atoms with E-state index in [1.807, 2.05) is 107 Å². The van der Waals surface area contributed by atoms with Crippen molar-refractivity contribution in [1.82, 2.24) is 29.2 Å². The zero-order valence-electron chi connectivity index (χ0n) is 43.2. The number of nitrogens with one attached hydrogen (secondary N) is 1. The van der Waals surface area contributed by atoms with Crippen molar-refractivity contribution in [2.24, 2.45) is 0 Å². The van der Waals surface area contributed by atoms with Gasteiger partial charge in [-0.15, -0.1) is 5.10 Å². The fourth-order valence-corrected chi connectivity index (χ4v) is 13.3. The molecule has 0 aliphatic carbocycles. The second-order valence-electron chi connectivity index (χ2n) is 19.5. The first-order valence-corrected chi connectivity index (χ1v) is 27.0. The van der Waals surface area contributed by atoms with E-state index < -0.39 is 49.1 Å². The van der Waals surface area contributed by atoms with Crippen molar-refractivity contribution in [1.29, 1.82) is 5.26 Å². The maximum atomic E-state index is 15.9. The Bertz CT molecular complexity index is 3600. The Kier molecular flexibility index (Phi) is 15.1. The molecule has 5 atom stereocenters. The van der Waals surface area contributed by atoms with Crippen LogP contribution in [0.1, 0.15) is 74.3 Å². The molecule has 10 rings (SSSR count). The molecule has 0 bridgehead atoms. The number of ether oxygens (including phenoxy) is 4. The summed E-state index contributed by atoms with van der Waals surface area (Å²) in [5.74, 6) is 1.28. The number of H-pyrrole nitrogens is 1. The van der Waals surface area contributed by atoms with E-state index in [1.54, 1.807) is 29.8 Å². The molecule has 0 spiro atoms. The number of nitrogens with zero attached hydrogens (tertiary/aromatic N) is 6. The van der Waals surface area contributed by atoms with E-state index in [4.69, 9.17) is 38.3 Å². The highest BCUT2D eigenvalue weighted by atomic mass is 31.2. The Morgan fingerprint density at radius 1 is 0.763 bits per heavy atom. The Balaban J connectivity index is 1.10. The van der Waals surface area contributed by atoms with E-state index in [0.29, 0.717) is 30.0 Å². The highest BCUT2D eigenvalue weighted by Gasteiger charge is 2.54. The normalized spacial score (nSPS) is 17.8.